The molecule has 0 heterocycles. The third-order valence-corrected chi connectivity index (χ3v) is 1.34. The summed E-state index contributed by atoms with van der Waals surface area (Å²) in [6.07, 6.45) is 0. The highest BCUT2D eigenvalue weighted by Crippen LogP contribution is 1.94. The lowest BCUT2D eigenvalue weighted by molar-refractivity contribution is 1.67. The second kappa shape index (κ2) is 5.84. The van der Waals surface area contributed by atoms with Crippen molar-refractivity contribution in [3.63, 3.8) is 0 Å². The third-order valence-electron chi connectivity index (χ3n) is 1.34. The van der Waals surface area contributed by atoms with E-state index in [2.05, 4.69) is 12.1 Å². The van der Waals surface area contributed by atoms with Crippen molar-refractivity contribution in [2.75, 3.05) is 5.73 Å². The molecule has 64 valence electrons. The van der Waals surface area contributed by atoms with E-state index >= 15 is 0 Å². The predicted octanol–water partition coefficient (Wildman–Crippen LogP) is 2.56. The van der Waals surface area contributed by atoms with Crippen molar-refractivity contribution in [1.82, 2.24) is 0 Å². The molecule has 0 bridgehead atoms. The first-order chi connectivity index (χ1) is 6.39. The maximum absolute atomic E-state index is 5.30. The van der Waals surface area contributed by atoms with E-state index in [1.165, 1.54) is 0 Å². The zero-order chi connectivity index (χ0) is 9.36. The molecule has 1 heteroatoms. The first kappa shape index (κ1) is 9.33. The van der Waals surface area contributed by atoms with Crippen LogP contribution in [-0.2, 0) is 0 Å². The fourth-order valence-corrected chi connectivity index (χ4v) is 0.749. The average molecular weight is 169 g/mol. The van der Waals surface area contributed by atoms with Gasteiger partial charge in [0.25, 0.3) is 0 Å². The Morgan fingerprint density at radius 2 is 1.54 bits per heavy atom. The number of benzene rings is 2. The van der Waals surface area contributed by atoms with Crippen molar-refractivity contribution in [2.24, 2.45) is 0 Å². The molecule has 0 saturated heterocycles. The van der Waals surface area contributed by atoms with Crippen LogP contribution in [0.15, 0.2) is 54.6 Å². The number of nitrogen functional groups attached to an aromatic ring is 1. The monoisotopic (exact) mass is 169 g/mol. The van der Waals surface area contributed by atoms with Gasteiger partial charge in [0.15, 0.2) is 0 Å². The molecule has 0 unspecified atom stereocenters. The van der Waals surface area contributed by atoms with E-state index in [1.807, 2.05) is 42.5 Å². The Balaban J connectivity index is 0.000000132. The Bertz CT molecular complexity index is 276. The Morgan fingerprint density at radius 1 is 0.846 bits per heavy atom. The molecule has 13 heavy (non-hydrogen) atoms. The number of nitrogens with two attached hydrogens (primary N) is 1. The summed E-state index contributed by atoms with van der Waals surface area (Å²) in [5, 5.41) is 0. The van der Waals surface area contributed by atoms with Crippen LogP contribution in [0.25, 0.3) is 0 Å². The van der Waals surface area contributed by atoms with E-state index in [-0.39, 0.29) is 0 Å². The molecule has 2 rings (SSSR count). The smallest absolute Gasteiger partial charge is 0.0394 e. The highest BCUT2D eigenvalue weighted by Gasteiger charge is 1.73. The molecule has 2 N–H and O–H groups in total. The normalized spacial score (nSPS) is 8.31. The summed E-state index contributed by atoms with van der Waals surface area (Å²) in [7, 11) is 0. The van der Waals surface area contributed by atoms with Gasteiger partial charge in [0.05, 0.1) is 0 Å². The van der Waals surface area contributed by atoms with Crippen LogP contribution < -0.4 is 5.73 Å². The van der Waals surface area contributed by atoms with Gasteiger partial charge >= 0.3 is 0 Å². The minimum Gasteiger partial charge on any atom is -0.398 e. The van der Waals surface area contributed by atoms with Crippen LogP contribution in [0.2, 0.25) is 0 Å². The molecule has 0 saturated carbocycles. The molecule has 0 amide bonds. The Morgan fingerprint density at radius 3 is 1.77 bits per heavy atom. The van der Waals surface area contributed by atoms with Crippen LogP contribution in [-0.4, -0.2) is 0 Å². The van der Waals surface area contributed by atoms with Gasteiger partial charge in [-0.15, -0.1) is 0 Å². The molecular weight excluding hydrogens is 158 g/mol. The molecule has 2 radical (unpaired) electrons. The van der Waals surface area contributed by atoms with Crippen LogP contribution in [0.5, 0.6) is 0 Å². The van der Waals surface area contributed by atoms with Gasteiger partial charge in [-0.2, -0.15) is 0 Å². The van der Waals surface area contributed by atoms with Crippen LogP contribution in [0.4, 0.5) is 5.69 Å². The minimum absolute atomic E-state index is 0.697. The van der Waals surface area contributed by atoms with Gasteiger partial charge in [-0.3, -0.25) is 0 Å². The van der Waals surface area contributed by atoms with Crippen molar-refractivity contribution in [3.8, 4) is 0 Å². The van der Waals surface area contributed by atoms with Crippen molar-refractivity contribution in [1.29, 1.82) is 0 Å². The van der Waals surface area contributed by atoms with Crippen molar-refractivity contribution in [2.45, 2.75) is 0 Å². The molecular formula is C12H11N. The summed E-state index contributed by atoms with van der Waals surface area (Å²) in [6.45, 7) is 0. The lowest BCUT2D eigenvalue weighted by Gasteiger charge is -1.82. The zero-order valence-corrected chi connectivity index (χ0v) is 7.27. The van der Waals surface area contributed by atoms with Crippen molar-refractivity contribution in [3.05, 3.63) is 66.7 Å². The predicted molar refractivity (Wildman–Crippen MR) is 55.0 cm³/mol. The van der Waals surface area contributed by atoms with E-state index in [0.717, 1.165) is 0 Å². The van der Waals surface area contributed by atoms with E-state index in [0.29, 0.717) is 5.69 Å². The van der Waals surface area contributed by atoms with Crippen LogP contribution >= 0.6 is 0 Å². The molecule has 2 aromatic rings. The summed E-state index contributed by atoms with van der Waals surface area (Å²) >= 11 is 0. The molecule has 0 aromatic heterocycles. The number of rotatable bonds is 0. The van der Waals surface area contributed by atoms with Gasteiger partial charge in [-0.25, -0.2) is 0 Å². The molecule has 1 nitrogen and oxygen atoms in total. The summed E-state index contributed by atoms with van der Waals surface area (Å²) in [6, 6.07) is 22.7. The maximum atomic E-state index is 5.30. The van der Waals surface area contributed by atoms with Crippen LogP contribution in [0.1, 0.15) is 0 Å². The summed E-state index contributed by atoms with van der Waals surface area (Å²) < 4.78 is 0. The fourth-order valence-electron chi connectivity index (χ4n) is 0.749. The van der Waals surface area contributed by atoms with Gasteiger partial charge in [-0.1, -0.05) is 48.5 Å². The van der Waals surface area contributed by atoms with E-state index < -0.39 is 0 Å². The lowest BCUT2D eigenvalue weighted by atomic mass is 10.3. The average Bonchev–Trinajstić information content (AvgIpc) is 2.22. The van der Waals surface area contributed by atoms with E-state index in [9.17, 15) is 0 Å². The quantitative estimate of drug-likeness (QED) is 0.602. The van der Waals surface area contributed by atoms with Gasteiger partial charge < -0.3 is 5.73 Å². The van der Waals surface area contributed by atoms with Gasteiger partial charge in [0.1, 0.15) is 0 Å². The Labute approximate surface area is 78.8 Å². The van der Waals surface area contributed by atoms with Crippen LogP contribution in [0.3, 0.4) is 0 Å². The summed E-state index contributed by atoms with van der Waals surface area (Å²) in [5.41, 5.74) is 6.00. The second-order valence-electron chi connectivity index (χ2n) is 2.40. The molecule has 0 aliphatic heterocycles. The van der Waals surface area contributed by atoms with Gasteiger partial charge in [0, 0.05) is 11.8 Å². The molecule has 0 fully saturated rings. The number of hydrogen-bond acceptors (Lipinski definition) is 1. The molecule has 0 atom stereocenters. The Hall–Kier alpha value is -1.76. The number of anilines is 1. The Kier molecular flexibility index (Phi) is 4.19. The topological polar surface area (TPSA) is 26.0 Å². The second-order valence-corrected chi connectivity index (χ2v) is 2.40. The lowest BCUT2D eigenvalue weighted by Crippen LogP contribution is -1.80. The fraction of sp³-hybridized carbons (Fsp3) is 0. The largest absolute Gasteiger partial charge is 0.398 e. The molecule has 2 aromatic carbocycles. The molecule has 0 aliphatic rings. The highest BCUT2D eigenvalue weighted by atomic mass is 14.5. The highest BCUT2D eigenvalue weighted by molar-refractivity contribution is 5.34. The minimum atomic E-state index is 0.697. The van der Waals surface area contributed by atoms with Crippen LogP contribution in [0, 0.1) is 12.1 Å². The third kappa shape index (κ3) is 4.64. The molecule has 0 spiro atoms. The van der Waals surface area contributed by atoms with Crippen molar-refractivity contribution >= 4 is 5.69 Å². The van der Waals surface area contributed by atoms with Gasteiger partial charge in [0.2, 0.25) is 0 Å². The van der Waals surface area contributed by atoms with E-state index in [1.54, 1.807) is 12.1 Å². The van der Waals surface area contributed by atoms with Gasteiger partial charge in [-0.05, 0) is 12.1 Å². The summed E-state index contributed by atoms with van der Waals surface area (Å²) in [5.74, 6) is 0. The number of para-hydroxylation sites is 1. The SMILES string of the molecule is Nc1[c]cccc1.[c]1ccccc1. The maximum Gasteiger partial charge on any atom is 0.0394 e. The first-order valence-electron chi connectivity index (χ1n) is 4.03. The standard InChI is InChI=1S/C6H6N.C6H5/c7-6-4-2-1-3-5-6;1-2-4-6-5-3-1/h1-4H,7H2;1-5H. The van der Waals surface area contributed by atoms with Crippen molar-refractivity contribution < 1.29 is 0 Å². The first-order valence-corrected chi connectivity index (χ1v) is 4.03. The zero-order valence-electron chi connectivity index (χ0n) is 7.27. The molecule has 0 aliphatic carbocycles. The van der Waals surface area contributed by atoms with E-state index in [4.69, 9.17) is 5.73 Å². The summed E-state index contributed by atoms with van der Waals surface area (Å²) in [4.78, 5) is 0. The number of hydrogen-bond donors (Lipinski definition) is 1.